The van der Waals surface area contributed by atoms with Crippen LogP contribution in [0.1, 0.15) is 44.6 Å². The summed E-state index contributed by atoms with van der Waals surface area (Å²) in [6, 6.07) is 7.63. The second-order valence-electron chi connectivity index (χ2n) is 5.62. The van der Waals surface area contributed by atoms with Gasteiger partial charge in [-0.25, -0.2) is 0 Å². The van der Waals surface area contributed by atoms with Crippen molar-refractivity contribution in [1.82, 2.24) is 0 Å². The quantitative estimate of drug-likeness (QED) is 0.789. The Hall–Kier alpha value is -0.995. The van der Waals surface area contributed by atoms with E-state index < -0.39 is 7.32 Å². The summed E-state index contributed by atoms with van der Waals surface area (Å²) in [5, 5.41) is 17.6. The summed E-state index contributed by atoms with van der Waals surface area (Å²) in [4.78, 5) is 0. The molecule has 3 nitrogen and oxygen atoms in total. The summed E-state index contributed by atoms with van der Waals surface area (Å²) in [5.41, 5.74) is 1.65. The fourth-order valence-electron chi connectivity index (χ4n) is 2.68. The molecule has 92 valence electrons. The van der Waals surface area contributed by atoms with Crippen LogP contribution in [0.5, 0.6) is 5.75 Å². The van der Waals surface area contributed by atoms with Crippen molar-refractivity contribution in [3.8, 4) is 5.75 Å². The van der Waals surface area contributed by atoms with Crippen LogP contribution in [0.15, 0.2) is 24.3 Å². The molecule has 0 amide bonds. The molecule has 17 heavy (non-hydrogen) atoms. The topological polar surface area (TPSA) is 49.7 Å². The van der Waals surface area contributed by atoms with Crippen LogP contribution >= 0.6 is 0 Å². The van der Waals surface area contributed by atoms with Crippen LogP contribution in [0.25, 0.3) is 0 Å². The van der Waals surface area contributed by atoms with Crippen LogP contribution < -0.4 is 4.65 Å². The summed E-state index contributed by atoms with van der Waals surface area (Å²) >= 11 is 0. The minimum Gasteiger partial charge on any atom is -0.512 e. The van der Waals surface area contributed by atoms with Gasteiger partial charge in [0.05, 0.1) is 0 Å². The van der Waals surface area contributed by atoms with E-state index in [2.05, 4.69) is 19.9 Å². The van der Waals surface area contributed by atoms with Crippen molar-refractivity contribution in [2.45, 2.75) is 39.0 Å². The Kier molecular flexibility index (Phi) is 3.45. The molecule has 1 atom stereocenters. The van der Waals surface area contributed by atoms with Crippen LogP contribution in [0.4, 0.5) is 0 Å². The van der Waals surface area contributed by atoms with Gasteiger partial charge in [0, 0.05) is 0 Å². The minimum atomic E-state index is -1.75. The first-order chi connectivity index (χ1) is 7.96. The van der Waals surface area contributed by atoms with Gasteiger partial charge in [0.25, 0.3) is 0 Å². The first kappa shape index (κ1) is 12.5. The maximum absolute atomic E-state index is 8.78. The first-order valence-electron chi connectivity index (χ1n) is 6.09. The predicted molar refractivity (Wildman–Crippen MR) is 67.6 cm³/mol. The Morgan fingerprint density at radius 1 is 1.35 bits per heavy atom. The van der Waals surface area contributed by atoms with Crippen molar-refractivity contribution in [1.29, 1.82) is 0 Å². The highest BCUT2D eigenvalue weighted by atomic mass is 16.6. The molecule has 4 heteroatoms. The Labute approximate surface area is 103 Å². The van der Waals surface area contributed by atoms with Crippen molar-refractivity contribution < 1.29 is 14.7 Å². The lowest BCUT2D eigenvalue weighted by molar-refractivity contribution is 0.288. The summed E-state index contributed by atoms with van der Waals surface area (Å²) in [6.07, 6.45) is 3.61. The summed E-state index contributed by atoms with van der Waals surface area (Å²) in [6.45, 7) is 4.59. The zero-order valence-electron chi connectivity index (χ0n) is 10.4. The fraction of sp³-hybridized carbons (Fsp3) is 0.538. The van der Waals surface area contributed by atoms with Gasteiger partial charge in [-0.15, -0.1) is 0 Å². The molecule has 2 N–H and O–H groups in total. The highest BCUT2D eigenvalue weighted by molar-refractivity contribution is 6.33. The second-order valence-corrected chi connectivity index (χ2v) is 5.62. The van der Waals surface area contributed by atoms with E-state index >= 15 is 0 Å². The average molecular weight is 234 g/mol. The van der Waals surface area contributed by atoms with E-state index in [4.69, 9.17) is 14.7 Å². The largest absolute Gasteiger partial charge is 0.707 e. The van der Waals surface area contributed by atoms with E-state index in [0.717, 1.165) is 0 Å². The SMILES string of the molecule is CC1(C)CCC(c2cccc(OB(O)O)c2)C1. The van der Waals surface area contributed by atoms with E-state index in [0.29, 0.717) is 17.1 Å². The van der Waals surface area contributed by atoms with Gasteiger partial charge in [-0.1, -0.05) is 26.0 Å². The molecule has 1 aromatic rings. The van der Waals surface area contributed by atoms with Crippen LogP contribution in [0.3, 0.4) is 0 Å². The zero-order valence-corrected chi connectivity index (χ0v) is 10.4. The fourth-order valence-corrected chi connectivity index (χ4v) is 2.68. The first-order valence-corrected chi connectivity index (χ1v) is 6.09. The van der Waals surface area contributed by atoms with Crippen LogP contribution in [0, 0.1) is 5.41 Å². The predicted octanol–water partition coefficient (Wildman–Crippen LogP) is 2.33. The summed E-state index contributed by atoms with van der Waals surface area (Å²) < 4.78 is 4.88. The molecule has 1 unspecified atom stereocenters. The maximum atomic E-state index is 8.78. The van der Waals surface area contributed by atoms with Gasteiger partial charge in [0.15, 0.2) is 0 Å². The lowest BCUT2D eigenvalue weighted by Gasteiger charge is -2.17. The summed E-state index contributed by atoms with van der Waals surface area (Å²) in [7, 11) is -1.75. The van der Waals surface area contributed by atoms with Crippen LogP contribution in [0.2, 0.25) is 0 Å². The highest BCUT2D eigenvalue weighted by Crippen LogP contribution is 2.46. The molecule has 0 saturated heterocycles. The van der Waals surface area contributed by atoms with Gasteiger partial charge in [0.1, 0.15) is 5.75 Å². The standard InChI is InChI=1S/C13H19BO3/c1-13(2)7-6-11(9-13)10-4-3-5-12(8-10)17-14(15)16/h3-5,8,11,15-16H,6-7,9H2,1-2H3. The Morgan fingerprint density at radius 3 is 2.71 bits per heavy atom. The molecule has 0 radical (unpaired) electrons. The lowest BCUT2D eigenvalue weighted by Crippen LogP contribution is -2.20. The zero-order chi connectivity index (χ0) is 12.5. The van der Waals surface area contributed by atoms with Crippen molar-refractivity contribution in [3.63, 3.8) is 0 Å². The molecule has 0 aromatic heterocycles. The van der Waals surface area contributed by atoms with Crippen LogP contribution in [-0.2, 0) is 0 Å². The molecule has 2 rings (SSSR count). The third-order valence-corrected chi connectivity index (χ3v) is 3.54. The molecule has 0 spiro atoms. The average Bonchev–Trinajstić information content (AvgIpc) is 2.58. The molecular formula is C13H19BO3. The maximum Gasteiger partial charge on any atom is 0.707 e. The summed E-state index contributed by atoms with van der Waals surface area (Å²) in [5.74, 6) is 1.08. The van der Waals surface area contributed by atoms with Gasteiger partial charge >= 0.3 is 7.32 Å². The Balaban J connectivity index is 2.11. The van der Waals surface area contributed by atoms with Gasteiger partial charge < -0.3 is 14.7 Å². The Bertz CT molecular complexity index is 390. The molecule has 1 aliphatic rings. The number of hydrogen-bond donors (Lipinski definition) is 2. The highest BCUT2D eigenvalue weighted by Gasteiger charge is 2.31. The molecule has 0 heterocycles. The van der Waals surface area contributed by atoms with Crippen LogP contribution in [-0.4, -0.2) is 17.4 Å². The number of hydrogen-bond acceptors (Lipinski definition) is 3. The molecule has 1 aromatic carbocycles. The normalized spacial score (nSPS) is 22.5. The monoisotopic (exact) mass is 234 g/mol. The molecule has 0 aliphatic heterocycles. The van der Waals surface area contributed by atoms with E-state index in [-0.39, 0.29) is 0 Å². The van der Waals surface area contributed by atoms with Crippen molar-refractivity contribution in [3.05, 3.63) is 29.8 Å². The number of rotatable bonds is 3. The lowest BCUT2D eigenvalue weighted by atomic mass is 9.88. The van der Waals surface area contributed by atoms with Crippen molar-refractivity contribution in [2.75, 3.05) is 0 Å². The molecule has 0 bridgehead atoms. The van der Waals surface area contributed by atoms with Gasteiger partial charge in [0.2, 0.25) is 0 Å². The Morgan fingerprint density at radius 2 is 2.12 bits per heavy atom. The van der Waals surface area contributed by atoms with Gasteiger partial charge in [-0.3, -0.25) is 0 Å². The van der Waals surface area contributed by atoms with Crippen molar-refractivity contribution >= 4 is 7.32 Å². The van der Waals surface area contributed by atoms with Gasteiger partial charge in [-0.2, -0.15) is 0 Å². The third kappa shape index (κ3) is 3.24. The molecule has 1 saturated carbocycles. The van der Waals surface area contributed by atoms with Crippen molar-refractivity contribution in [2.24, 2.45) is 5.41 Å². The van der Waals surface area contributed by atoms with Gasteiger partial charge in [-0.05, 0) is 48.3 Å². The number of benzene rings is 1. The van der Waals surface area contributed by atoms with E-state index in [1.54, 1.807) is 6.07 Å². The smallest absolute Gasteiger partial charge is 0.512 e. The van der Waals surface area contributed by atoms with E-state index in [1.807, 2.05) is 12.1 Å². The molecule has 1 aliphatic carbocycles. The minimum absolute atomic E-state index is 0.415. The second kappa shape index (κ2) is 4.71. The molecule has 1 fully saturated rings. The molecular weight excluding hydrogens is 215 g/mol. The third-order valence-electron chi connectivity index (χ3n) is 3.54. The van der Waals surface area contributed by atoms with E-state index in [1.165, 1.54) is 24.8 Å². The van der Waals surface area contributed by atoms with E-state index in [9.17, 15) is 0 Å².